The van der Waals surface area contributed by atoms with Gasteiger partial charge in [0, 0.05) is 24.0 Å². The van der Waals surface area contributed by atoms with Crippen molar-refractivity contribution in [2.75, 3.05) is 5.32 Å². The van der Waals surface area contributed by atoms with E-state index in [9.17, 15) is 14.7 Å². The van der Waals surface area contributed by atoms with Gasteiger partial charge in [0.05, 0.1) is 12.2 Å². The number of amides is 3. The molecular weight excluding hydrogens is 356 g/mol. The lowest BCUT2D eigenvalue weighted by Gasteiger charge is -2.26. The zero-order valence-electron chi connectivity index (χ0n) is 16.4. The molecule has 1 aromatic carbocycles. The molecule has 2 aromatic rings. The first-order valence-corrected chi connectivity index (χ1v) is 9.37. The van der Waals surface area contributed by atoms with E-state index < -0.39 is 5.72 Å². The van der Waals surface area contributed by atoms with Crippen LogP contribution in [0.1, 0.15) is 48.8 Å². The predicted molar refractivity (Wildman–Crippen MR) is 106 cm³/mol. The minimum Gasteiger partial charge on any atom is -0.371 e. The van der Waals surface area contributed by atoms with E-state index in [-0.39, 0.29) is 17.9 Å². The summed E-state index contributed by atoms with van der Waals surface area (Å²) in [5, 5.41) is 15.8. The van der Waals surface area contributed by atoms with Gasteiger partial charge in [0.2, 0.25) is 0 Å². The van der Waals surface area contributed by atoms with Crippen molar-refractivity contribution in [3.8, 4) is 0 Å². The van der Waals surface area contributed by atoms with E-state index in [4.69, 9.17) is 0 Å². The van der Waals surface area contributed by atoms with Gasteiger partial charge in [0.15, 0.2) is 0 Å². The Bertz CT molecular complexity index is 837. The Balaban J connectivity index is 1.57. The van der Waals surface area contributed by atoms with Crippen LogP contribution in [-0.2, 0) is 13.1 Å². The maximum atomic E-state index is 12.5. The lowest BCUT2D eigenvalue weighted by molar-refractivity contribution is 0.00701. The smallest absolute Gasteiger partial charge is 0.322 e. The number of benzene rings is 1. The lowest BCUT2D eigenvalue weighted by Crippen LogP contribution is -2.46. The maximum absolute atomic E-state index is 12.5. The van der Waals surface area contributed by atoms with Gasteiger partial charge in [-0.3, -0.25) is 9.78 Å². The summed E-state index contributed by atoms with van der Waals surface area (Å²) in [6.07, 6.45) is 2.18. The number of hydrogen-bond acceptors (Lipinski definition) is 4. The molecule has 7 nitrogen and oxygen atoms in total. The average molecular weight is 382 g/mol. The van der Waals surface area contributed by atoms with Gasteiger partial charge in [-0.05, 0) is 55.2 Å². The summed E-state index contributed by atoms with van der Waals surface area (Å²) in [5.41, 5.74) is 1.71. The SMILES string of the molecule is CC(C)C[C@](C)(O)NC(=O)c1ccc(NC(=O)N2Cc3cccnc3C2)cc1. The number of carbonyl (C=O) groups excluding carboxylic acids is 2. The van der Waals surface area contributed by atoms with Gasteiger partial charge in [0.1, 0.15) is 5.72 Å². The quantitative estimate of drug-likeness (QED) is 0.693. The van der Waals surface area contributed by atoms with E-state index >= 15 is 0 Å². The molecule has 3 rings (SSSR count). The van der Waals surface area contributed by atoms with Gasteiger partial charge < -0.3 is 20.6 Å². The van der Waals surface area contributed by atoms with Crippen LogP contribution in [0.15, 0.2) is 42.6 Å². The van der Waals surface area contributed by atoms with Crippen molar-refractivity contribution >= 4 is 17.6 Å². The summed E-state index contributed by atoms with van der Waals surface area (Å²) in [6.45, 7) is 6.55. The molecule has 7 heteroatoms. The highest BCUT2D eigenvalue weighted by atomic mass is 16.3. The summed E-state index contributed by atoms with van der Waals surface area (Å²) >= 11 is 0. The molecule has 1 aliphatic rings. The van der Waals surface area contributed by atoms with Crippen molar-refractivity contribution in [3.05, 3.63) is 59.4 Å². The fourth-order valence-corrected chi connectivity index (χ4v) is 3.41. The Morgan fingerprint density at radius 1 is 1.21 bits per heavy atom. The minimum atomic E-state index is -1.27. The molecule has 0 bridgehead atoms. The van der Waals surface area contributed by atoms with Crippen LogP contribution >= 0.6 is 0 Å². The van der Waals surface area contributed by atoms with Gasteiger partial charge in [-0.25, -0.2) is 4.79 Å². The van der Waals surface area contributed by atoms with E-state index in [1.165, 1.54) is 0 Å². The predicted octanol–water partition coefficient (Wildman–Crippen LogP) is 3.11. The molecule has 0 fully saturated rings. The van der Waals surface area contributed by atoms with E-state index in [0.717, 1.165) is 11.3 Å². The van der Waals surface area contributed by atoms with Crippen molar-refractivity contribution in [3.63, 3.8) is 0 Å². The van der Waals surface area contributed by atoms with Gasteiger partial charge in [0.25, 0.3) is 5.91 Å². The molecule has 3 N–H and O–H groups in total. The number of nitrogens with one attached hydrogen (secondary N) is 2. The van der Waals surface area contributed by atoms with Crippen LogP contribution in [0, 0.1) is 5.92 Å². The first kappa shape index (κ1) is 19.8. The van der Waals surface area contributed by atoms with E-state index in [1.54, 1.807) is 42.3 Å². The van der Waals surface area contributed by atoms with Crippen LogP contribution in [-0.4, -0.2) is 32.7 Å². The Labute approximate surface area is 164 Å². The van der Waals surface area contributed by atoms with Gasteiger partial charge in [-0.1, -0.05) is 19.9 Å². The molecule has 148 valence electrons. The number of aliphatic hydroxyl groups is 1. The van der Waals surface area contributed by atoms with Crippen LogP contribution in [0.25, 0.3) is 0 Å². The standard InChI is InChI=1S/C21H26N4O3/c1-14(2)11-21(3,28)24-19(26)15-6-8-17(9-7-15)23-20(27)25-12-16-5-4-10-22-18(16)13-25/h4-10,14,28H,11-13H2,1-3H3,(H,23,27)(H,24,26)/t21-/m0/s1. The van der Waals surface area contributed by atoms with Gasteiger partial charge in [-0.15, -0.1) is 0 Å². The van der Waals surface area contributed by atoms with E-state index in [1.807, 2.05) is 26.0 Å². The van der Waals surface area contributed by atoms with Crippen LogP contribution < -0.4 is 10.6 Å². The van der Waals surface area contributed by atoms with Crippen LogP contribution in [0.5, 0.6) is 0 Å². The largest absolute Gasteiger partial charge is 0.371 e. The van der Waals surface area contributed by atoms with Crippen molar-refractivity contribution < 1.29 is 14.7 Å². The molecule has 0 aliphatic carbocycles. The third-order valence-electron chi connectivity index (χ3n) is 4.56. The molecule has 1 aromatic heterocycles. The molecule has 0 radical (unpaired) electrons. The highest BCUT2D eigenvalue weighted by Gasteiger charge is 2.25. The van der Waals surface area contributed by atoms with Crippen molar-refractivity contribution in [2.24, 2.45) is 5.92 Å². The number of carbonyl (C=O) groups is 2. The first-order chi connectivity index (χ1) is 13.2. The zero-order chi connectivity index (χ0) is 20.3. The first-order valence-electron chi connectivity index (χ1n) is 9.37. The normalized spacial score (nSPS) is 15.1. The van der Waals surface area contributed by atoms with Gasteiger partial charge >= 0.3 is 6.03 Å². The molecule has 3 amide bonds. The molecule has 0 unspecified atom stereocenters. The fraction of sp³-hybridized carbons (Fsp3) is 0.381. The number of urea groups is 1. The summed E-state index contributed by atoms with van der Waals surface area (Å²) in [6, 6.07) is 10.2. The average Bonchev–Trinajstić information content (AvgIpc) is 3.05. The fourth-order valence-electron chi connectivity index (χ4n) is 3.41. The Morgan fingerprint density at radius 3 is 2.57 bits per heavy atom. The molecule has 0 spiro atoms. The molecule has 0 saturated carbocycles. The highest BCUT2D eigenvalue weighted by Crippen LogP contribution is 2.21. The Kier molecular flexibility index (Phi) is 5.65. The topological polar surface area (TPSA) is 94.6 Å². The second kappa shape index (κ2) is 7.98. The van der Waals surface area contributed by atoms with Gasteiger partial charge in [-0.2, -0.15) is 0 Å². The molecule has 28 heavy (non-hydrogen) atoms. The second-order valence-electron chi connectivity index (χ2n) is 7.80. The summed E-state index contributed by atoms with van der Waals surface area (Å²) in [7, 11) is 0. The number of fused-ring (bicyclic) bond motifs is 1. The van der Waals surface area contributed by atoms with Crippen LogP contribution in [0.3, 0.4) is 0 Å². The van der Waals surface area contributed by atoms with Crippen molar-refractivity contribution in [2.45, 2.75) is 46.0 Å². The summed E-state index contributed by atoms with van der Waals surface area (Å²) < 4.78 is 0. The highest BCUT2D eigenvalue weighted by molar-refractivity contribution is 5.95. The summed E-state index contributed by atoms with van der Waals surface area (Å²) in [5.74, 6) is -0.107. The number of anilines is 1. The van der Waals surface area contributed by atoms with E-state index in [2.05, 4.69) is 15.6 Å². The lowest BCUT2D eigenvalue weighted by atomic mass is 10.0. The third kappa shape index (κ3) is 4.86. The number of hydrogen-bond donors (Lipinski definition) is 3. The second-order valence-corrected chi connectivity index (χ2v) is 7.80. The maximum Gasteiger partial charge on any atom is 0.322 e. The number of aromatic nitrogens is 1. The Hall–Kier alpha value is -2.93. The monoisotopic (exact) mass is 382 g/mol. The third-order valence-corrected chi connectivity index (χ3v) is 4.56. The minimum absolute atomic E-state index is 0.213. The van der Waals surface area contributed by atoms with Crippen molar-refractivity contribution in [1.82, 2.24) is 15.2 Å². The van der Waals surface area contributed by atoms with Crippen molar-refractivity contribution in [1.29, 1.82) is 0 Å². The molecule has 0 saturated heterocycles. The Morgan fingerprint density at radius 2 is 1.93 bits per heavy atom. The molecule has 1 aliphatic heterocycles. The number of rotatable bonds is 5. The van der Waals surface area contributed by atoms with Crippen LogP contribution in [0.4, 0.5) is 10.5 Å². The number of nitrogens with zero attached hydrogens (tertiary/aromatic N) is 2. The molecule has 1 atom stereocenters. The molecule has 2 heterocycles. The summed E-state index contributed by atoms with van der Waals surface area (Å²) in [4.78, 5) is 30.8. The van der Waals surface area contributed by atoms with E-state index in [0.29, 0.717) is 30.8 Å². The van der Waals surface area contributed by atoms with Crippen LogP contribution in [0.2, 0.25) is 0 Å². The molecular formula is C21H26N4O3. The number of pyridine rings is 1. The zero-order valence-corrected chi connectivity index (χ0v) is 16.4.